The van der Waals surface area contributed by atoms with E-state index in [-0.39, 0.29) is 11.6 Å². The maximum Gasteiger partial charge on any atom is 0.355 e. The van der Waals surface area contributed by atoms with Gasteiger partial charge in [0.15, 0.2) is 0 Å². The van der Waals surface area contributed by atoms with Crippen LogP contribution < -0.4 is 19.9 Å². The maximum atomic E-state index is 13.1. The predicted octanol–water partition coefficient (Wildman–Crippen LogP) is 7.87. The number of nitriles is 1. The molecule has 0 spiro atoms. The van der Waals surface area contributed by atoms with Crippen LogP contribution in [0.15, 0.2) is 72.1 Å². The molecule has 1 aliphatic rings. The molecule has 0 radical (unpaired) electrons. The fourth-order valence-electron chi connectivity index (χ4n) is 4.66. The van der Waals surface area contributed by atoms with Crippen molar-refractivity contribution in [3.05, 3.63) is 98.7 Å². The lowest BCUT2D eigenvalue weighted by Gasteiger charge is -2.28. The molecule has 0 amide bonds. The smallest absolute Gasteiger partial charge is 0.355 e. The molecule has 1 aliphatic heterocycles. The molecular formula is C31H27ClN2O4S. The highest BCUT2D eigenvalue weighted by Crippen LogP contribution is 2.46. The number of unbranched alkanes of at least 4 members (excludes halogenated alkanes) is 2. The molecule has 8 heteroatoms. The minimum atomic E-state index is -0.557. The highest BCUT2D eigenvalue weighted by Gasteiger charge is 2.33. The number of hydrogen-bond acceptors (Lipinski definition) is 7. The van der Waals surface area contributed by atoms with E-state index in [0.717, 1.165) is 46.0 Å². The summed E-state index contributed by atoms with van der Waals surface area (Å²) in [4.78, 5) is 13.4. The Hall–Kier alpha value is -3.99. The Kier molecular flexibility index (Phi) is 7.78. The second kappa shape index (κ2) is 11.4. The molecule has 3 aromatic carbocycles. The van der Waals surface area contributed by atoms with E-state index in [2.05, 4.69) is 13.0 Å². The standard InChI is InChI=1S/C31H27ClN2O4S/c1-3-4-7-14-36-24-9-6-5-8-20(24)27-21-13-11-19(16-25(21)38-30(34)23(27)17-33)37-31(35)29-28(32)22-12-10-18(2)15-26(22)39-29/h5-6,8-13,15-16,27H,3-4,7,14,34H2,1-2H3. The molecule has 1 unspecified atom stereocenters. The second-order valence-electron chi connectivity index (χ2n) is 9.35. The number of nitrogens with zero attached hydrogens (tertiary/aromatic N) is 1. The number of rotatable bonds is 8. The summed E-state index contributed by atoms with van der Waals surface area (Å²) in [5.74, 6) is 0.323. The highest BCUT2D eigenvalue weighted by molar-refractivity contribution is 7.21. The molecule has 39 heavy (non-hydrogen) atoms. The summed E-state index contributed by atoms with van der Waals surface area (Å²) in [6.45, 7) is 4.71. The van der Waals surface area contributed by atoms with Crippen molar-refractivity contribution in [2.45, 2.75) is 39.0 Å². The number of thiophene rings is 1. The Labute approximate surface area is 236 Å². The summed E-state index contributed by atoms with van der Waals surface area (Å²) < 4.78 is 18.6. The number of halogens is 1. The van der Waals surface area contributed by atoms with Crippen LogP contribution in [0.25, 0.3) is 10.1 Å². The normalized spacial score (nSPS) is 14.5. The topological polar surface area (TPSA) is 94.6 Å². The van der Waals surface area contributed by atoms with Crippen LogP contribution in [0.5, 0.6) is 17.2 Å². The van der Waals surface area contributed by atoms with Crippen molar-refractivity contribution in [2.75, 3.05) is 6.61 Å². The minimum absolute atomic E-state index is 0.00202. The lowest BCUT2D eigenvalue weighted by atomic mass is 9.83. The summed E-state index contributed by atoms with van der Waals surface area (Å²) in [5.41, 5.74) is 9.12. The van der Waals surface area contributed by atoms with Crippen molar-refractivity contribution in [1.29, 1.82) is 5.26 Å². The fourth-order valence-corrected chi connectivity index (χ4v) is 6.14. The van der Waals surface area contributed by atoms with Crippen molar-refractivity contribution >= 4 is 39.0 Å². The van der Waals surface area contributed by atoms with Gasteiger partial charge in [-0.1, -0.05) is 67.8 Å². The molecule has 1 aromatic heterocycles. The molecule has 5 rings (SSSR count). The first-order valence-electron chi connectivity index (χ1n) is 12.7. The van der Waals surface area contributed by atoms with Crippen LogP contribution in [0.2, 0.25) is 5.02 Å². The summed E-state index contributed by atoms with van der Waals surface area (Å²) in [6.07, 6.45) is 3.11. The number of carbonyl (C=O) groups excluding carboxylic acids is 1. The monoisotopic (exact) mass is 558 g/mol. The van der Waals surface area contributed by atoms with Crippen LogP contribution in [-0.2, 0) is 0 Å². The Morgan fingerprint density at radius 2 is 1.95 bits per heavy atom. The van der Waals surface area contributed by atoms with Gasteiger partial charge < -0.3 is 19.9 Å². The first-order chi connectivity index (χ1) is 18.9. The molecule has 1 atom stereocenters. The number of benzene rings is 3. The lowest BCUT2D eigenvalue weighted by Crippen LogP contribution is -2.21. The maximum absolute atomic E-state index is 13.1. The van der Waals surface area contributed by atoms with Crippen LogP contribution in [0.4, 0.5) is 0 Å². The number of allylic oxidation sites excluding steroid dienone is 1. The van der Waals surface area contributed by atoms with Gasteiger partial charge in [-0.25, -0.2) is 4.79 Å². The molecule has 198 valence electrons. The quantitative estimate of drug-likeness (QED) is 0.134. The number of para-hydroxylation sites is 1. The van der Waals surface area contributed by atoms with E-state index in [0.29, 0.717) is 33.6 Å². The molecule has 2 heterocycles. The number of hydrogen-bond donors (Lipinski definition) is 1. The van der Waals surface area contributed by atoms with Gasteiger partial charge in [0, 0.05) is 27.3 Å². The Morgan fingerprint density at radius 1 is 1.13 bits per heavy atom. The van der Waals surface area contributed by atoms with E-state index < -0.39 is 11.9 Å². The zero-order valence-electron chi connectivity index (χ0n) is 21.6. The number of ether oxygens (including phenoxy) is 3. The van der Waals surface area contributed by atoms with Crippen molar-refractivity contribution < 1.29 is 19.0 Å². The van der Waals surface area contributed by atoms with Crippen LogP contribution >= 0.6 is 22.9 Å². The van der Waals surface area contributed by atoms with E-state index >= 15 is 0 Å². The SMILES string of the molecule is CCCCCOc1ccccc1C1C(C#N)=C(N)Oc2cc(OC(=O)c3sc4cc(C)ccc4c3Cl)ccc21. The zero-order chi connectivity index (χ0) is 27.5. The number of fused-ring (bicyclic) bond motifs is 2. The van der Waals surface area contributed by atoms with E-state index in [1.165, 1.54) is 11.3 Å². The van der Waals surface area contributed by atoms with Gasteiger partial charge in [-0.2, -0.15) is 5.26 Å². The summed E-state index contributed by atoms with van der Waals surface area (Å²) in [7, 11) is 0. The van der Waals surface area contributed by atoms with Gasteiger partial charge in [0.05, 0.1) is 17.5 Å². The van der Waals surface area contributed by atoms with Crippen molar-refractivity contribution in [3.8, 4) is 23.3 Å². The fraction of sp³-hybridized carbons (Fsp3) is 0.226. The van der Waals surface area contributed by atoms with E-state index in [4.69, 9.17) is 31.5 Å². The van der Waals surface area contributed by atoms with Crippen LogP contribution in [0.1, 0.15) is 58.5 Å². The number of nitrogens with two attached hydrogens (primary N) is 1. The molecule has 0 fully saturated rings. The third kappa shape index (κ3) is 5.31. The lowest BCUT2D eigenvalue weighted by molar-refractivity contribution is 0.0740. The van der Waals surface area contributed by atoms with Crippen molar-refractivity contribution in [3.63, 3.8) is 0 Å². The van der Waals surface area contributed by atoms with E-state index in [1.54, 1.807) is 18.2 Å². The Morgan fingerprint density at radius 3 is 2.74 bits per heavy atom. The second-order valence-corrected chi connectivity index (χ2v) is 10.8. The van der Waals surface area contributed by atoms with Crippen LogP contribution in [0.3, 0.4) is 0 Å². The van der Waals surface area contributed by atoms with Crippen LogP contribution in [-0.4, -0.2) is 12.6 Å². The predicted molar refractivity (Wildman–Crippen MR) is 154 cm³/mol. The van der Waals surface area contributed by atoms with E-state index in [9.17, 15) is 10.1 Å². The Balaban J connectivity index is 1.46. The average molecular weight is 559 g/mol. The Bertz CT molecular complexity index is 1640. The minimum Gasteiger partial charge on any atom is -0.493 e. The largest absolute Gasteiger partial charge is 0.493 e. The molecular weight excluding hydrogens is 532 g/mol. The highest BCUT2D eigenvalue weighted by atomic mass is 35.5. The molecule has 2 N–H and O–H groups in total. The first-order valence-corrected chi connectivity index (χ1v) is 13.9. The third-order valence-electron chi connectivity index (χ3n) is 6.61. The van der Waals surface area contributed by atoms with Gasteiger partial charge in [-0.15, -0.1) is 11.3 Å². The van der Waals surface area contributed by atoms with Gasteiger partial charge in [0.2, 0.25) is 5.88 Å². The molecule has 0 bridgehead atoms. The summed E-state index contributed by atoms with van der Waals surface area (Å²) in [6, 6.07) is 20.8. The average Bonchev–Trinajstić information content (AvgIpc) is 3.26. The van der Waals surface area contributed by atoms with Gasteiger partial charge in [0.1, 0.15) is 33.8 Å². The third-order valence-corrected chi connectivity index (χ3v) is 8.24. The molecule has 0 saturated heterocycles. The number of carbonyl (C=O) groups is 1. The summed E-state index contributed by atoms with van der Waals surface area (Å²) >= 11 is 7.80. The van der Waals surface area contributed by atoms with Crippen molar-refractivity contribution in [2.24, 2.45) is 5.73 Å². The van der Waals surface area contributed by atoms with Gasteiger partial charge in [-0.05, 0) is 37.1 Å². The van der Waals surface area contributed by atoms with E-state index in [1.807, 2.05) is 49.4 Å². The number of esters is 1. The molecule has 4 aromatic rings. The first kappa shape index (κ1) is 26.6. The van der Waals surface area contributed by atoms with Gasteiger partial charge >= 0.3 is 5.97 Å². The van der Waals surface area contributed by atoms with Gasteiger partial charge in [-0.3, -0.25) is 0 Å². The molecule has 6 nitrogen and oxygen atoms in total. The number of aryl methyl sites for hydroxylation is 1. The van der Waals surface area contributed by atoms with Crippen LogP contribution in [0, 0.1) is 18.3 Å². The molecule has 0 aliphatic carbocycles. The van der Waals surface area contributed by atoms with Crippen molar-refractivity contribution in [1.82, 2.24) is 0 Å². The molecule has 0 saturated carbocycles. The zero-order valence-corrected chi connectivity index (χ0v) is 23.2. The summed E-state index contributed by atoms with van der Waals surface area (Å²) in [5, 5.41) is 11.2. The van der Waals surface area contributed by atoms with Gasteiger partial charge in [0.25, 0.3) is 0 Å².